The van der Waals surface area contributed by atoms with Gasteiger partial charge < -0.3 is 19.9 Å². The number of nitrogen functional groups attached to an aromatic ring is 1. The van der Waals surface area contributed by atoms with Crippen LogP contribution in [-0.4, -0.2) is 26.0 Å². The number of thioether (sulfide) groups is 1. The Labute approximate surface area is 107 Å². The molecular weight excluding hydrogens is 277 g/mol. The molecule has 18 heavy (non-hydrogen) atoms. The average Bonchev–Trinajstić information content (AvgIpc) is 2.72. The normalized spacial score (nSPS) is 11.7. The topological polar surface area (TPSA) is 122 Å². The number of anilines is 1. The Hall–Kier alpha value is -1.34. The molecule has 0 aliphatic carbocycles. The van der Waals surface area contributed by atoms with E-state index >= 15 is 0 Å². The molecule has 0 radical (unpaired) electrons. The molecule has 0 aliphatic heterocycles. The van der Waals surface area contributed by atoms with Gasteiger partial charge in [0.25, 0.3) is 0 Å². The van der Waals surface area contributed by atoms with E-state index in [0.717, 1.165) is 0 Å². The molecule has 0 atom stereocenters. The van der Waals surface area contributed by atoms with Crippen molar-refractivity contribution in [2.75, 3.05) is 12.0 Å². The van der Waals surface area contributed by atoms with Crippen LogP contribution in [-0.2, 0) is 4.57 Å². The Morgan fingerprint density at radius 2 is 2.22 bits per heavy atom. The number of hydrogen-bond acceptors (Lipinski definition) is 6. The van der Waals surface area contributed by atoms with Gasteiger partial charge in [-0.05, 0) is 12.3 Å². The summed E-state index contributed by atoms with van der Waals surface area (Å²) in [5.74, 6) is 0.0213. The number of nitrogens with two attached hydrogens (primary N) is 1. The molecule has 2 aromatic rings. The Morgan fingerprint density at radius 1 is 1.50 bits per heavy atom. The lowest BCUT2D eigenvalue weighted by molar-refractivity contribution is 0.386. The maximum Gasteiger partial charge on any atom is 0.361 e. The van der Waals surface area contributed by atoms with E-state index in [1.807, 2.05) is 0 Å². The van der Waals surface area contributed by atoms with Crippen LogP contribution in [0.4, 0.5) is 5.95 Å². The highest BCUT2D eigenvalue weighted by molar-refractivity contribution is 7.99. The zero-order valence-electron chi connectivity index (χ0n) is 9.27. The second-order valence-electron chi connectivity index (χ2n) is 3.33. The summed E-state index contributed by atoms with van der Waals surface area (Å²) in [6.07, 6.45) is 4.37. The van der Waals surface area contributed by atoms with Crippen LogP contribution in [0.2, 0.25) is 0 Å². The molecule has 0 aliphatic rings. The fraction of sp³-hybridized carbons (Fsp3) is 0.111. The van der Waals surface area contributed by atoms with Gasteiger partial charge in [0.15, 0.2) is 5.76 Å². The molecule has 2 aromatic heterocycles. The van der Waals surface area contributed by atoms with Gasteiger partial charge in [0.2, 0.25) is 5.95 Å². The summed E-state index contributed by atoms with van der Waals surface area (Å²) < 4.78 is 16.7. The molecule has 0 fully saturated rings. The predicted octanol–water partition coefficient (Wildman–Crippen LogP) is 0.844. The van der Waals surface area contributed by atoms with E-state index < -0.39 is 7.60 Å². The molecule has 4 N–H and O–H groups in total. The minimum Gasteiger partial charge on any atom is -0.460 e. The SMILES string of the molecule is CSc1coc(-c2ccnc(N)n2)c1P(=O)(O)O. The van der Waals surface area contributed by atoms with E-state index in [0.29, 0.717) is 4.90 Å². The summed E-state index contributed by atoms with van der Waals surface area (Å²) in [6.45, 7) is 0. The maximum absolute atomic E-state index is 11.5. The zero-order valence-corrected chi connectivity index (χ0v) is 11.0. The molecule has 2 heterocycles. The van der Waals surface area contributed by atoms with Gasteiger partial charge in [0.05, 0.1) is 4.90 Å². The van der Waals surface area contributed by atoms with Gasteiger partial charge in [-0.2, -0.15) is 0 Å². The molecule has 9 heteroatoms. The van der Waals surface area contributed by atoms with Crippen LogP contribution >= 0.6 is 19.4 Å². The quantitative estimate of drug-likeness (QED) is 0.560. The fourth-order valence-corrected chi connectivity index (χ4v) is 3.27. The number of nitrogens with zero attached hydrogens (tertiary/aromatic N) is 2. The van der Waals surface area contributed by atoms with Crippen molar-refractivity contribution in [1.29, 1.82) is 0 Å². The van der Waals surface area contributed by atoms with Gasteiger partial charge in [-0.1, -0.05) is 0 Å². The summed E-state index contributed by atoms with van der Waals surface area (Å²) in [5.41, 5.74) is 5.67. The van der Waals surface area contributed by atoms with Gasteiger partial charge in [-0.15, -0.1) is 11.8 Å². The first-order valence-corrected chi connectivity index (χ1v) is 7.57. The first kappa shape index (κ1) is 13.1. The van der Waals surface area contributed by atoms with Crippen LogP contribution in [0.3, 0.4) is 0 Å². The van der Waals surface area contributed by atoms with Crippen LogP contribution in [0.1, 0.15) is 0 Å². The van der Waals surface area contributed by atoms with Crippen LogP contribution in [0.25, 0.3) is 11.5 Å². The third-order valence-electron chi connectivity index (χ3n) is 2.15. The highest BCUT2D eigenvalue weighted by Gasteiger charge is 2.30. The molecule has 7 nitrogen and oxygen atoms in total. The van der Waals surface area contributed by atoms with Crippen molar-refractivity contribution in [1.82, 2.24) is 9.97 Å². The molecule has 96 valence electrons. The van der Waals surface area contributed by atoms with E-state index in [9.17, 15) is 14.4 Å². The van der Waals surface area contributed by atoms with Crippen LogP contribution < -0.4 is 11.0 Å². The van der Waals surface area contributed by atoms with Gasteiger partial charge >= 0.3 is 7.60 Å². The summed E-state index contributed by atoms with van der Waals surface area (Å²) in [7, 11) is -4.46. The molecule has 2 rings (SSSR count). The Bertz CT molecular complexity index is 624. The summed E-state index contributed by atoms with van der Waals surface area (Å²) in [4.78, 5) is 26.7. The van der Waals surface area contributed by atoms with Crippen molar-refractivity contribution in [3.63, 3.8) is 0 Å². The number of aromatic nitrogens is 2. The zero-order chi connectivity index (χ0) is 13.3. The van der Waals surface area contributed by atoms with E-state index in [4.69, 9.17) is 10.2 Å². The Kier molecular flexibility index (Phi) is 3.45. The minimum absolute atomic E-state index is 0.00580. The second kappa shape index (κ2) is 4.74. The maximum atomic E-state index is 11.5. The van der Waals surface area contributed by atoms with Crippen molar-refractivity contribution in [2.45, 2.75) is 4.90 Å². The molecule has 0 bridgehead atoms. The van der Waals surface area contributed by atoms with Gasteiger partial charge in [-0.25, -0.2) is 9.97 Å². The lowest BCUT2D eigenvalue weighted by atomic mass is 10.3. The van der Waals surface area contributed by atoms with Gasteiger partial charge in [0, 0.05) is 6.20 Å². The Morgan fingerprint density at radius 3 is 2.78 bits per heavy atom. The predicted molar refractivity (Wildman–Crippen MR) is 67.6 cm³/mol. The standard InChI is InChI=1S/C9H10N3O4PS/c1-18-6-4-16-7(8(6)17(13,14)15)5-2-3-11-9(10)12-5/h2-4H,1H3,(H2,10,11,12)(H2,13,14,15). The number of furan rings is 1. The molecule has 0 saturated carbocycles. The molecule has 0 amide bonds. The van der Waals surface area contributed by atoms with Gasteiger partial charge in [0.1, 0.15) is 17.3 Å². The van der Waals surface area contributed by atoms with E-state index in [-0.39, 0.29) is 22.7 Å². The van der Waals surface area contributed by atoms with Crippen LogP contribution in [0, 0.1) is 0 Å². The summed E-state index contributed by atoms with van der Waals surface area (Å²) >= 11 is 1.18. The molecule has 0 unspecified atom stereocenters. The first-order chi connectivity index (χ1) is 8.43. The molecular formula is C9H10N3O4PS. The summed E-state index contributed by atoms with van der Waals surface area (Å²) in [6, 6.07) is 1.47. The highest BCUT2D eigenvalue weighted by atomic mass is 32.2. The summed E-state index contributed by atoms with van der Waals surface area (Å²) in [5, 5.41) is -0.173. The molecule has 0 saturated heterocycles. The number of hydrogen-bond donors (Lipinski definition) is 3. The lowest BCUT2D eigenvalue weighted by Crippen LogP contribution is -2.08. The lowest BCUT2D eigenvalue weighted by Gasteiger charge is -2.06. The molecule has 0 aromatic carbocycles. The number of rotatable bonds is 3. The molecule has 0 spiro atoms. The van der Waals surface area contributed by atoms with Crippen molar-refractivity contribution in [2.24, 2.45) is 0 Å². The van der Waals surface area contributed by atoms with E-state index in [2.05, 4.69) is 9.97 Å². The Balaban J connectivity index is 2.66. The van der Waals surface area contributed by atoms with Crippen LogP contribution in [0.5, 0.6) is 0 Å². The minimum atomic E-state index is -4.46. The average molecular weight is 287 g/mol. The largest absolute Gasteiger partial charge is 0.460 e. The first-order valence-electron chi connectivity index (χ1n) is 4.74. The monoisotopic (exact) mass is 287 g/mol. The van der Waals surface area contributed by atoms with Crippen molar-refractivity contribution < 1.29 is 18.8 Å². The van der Waals surface area contributed by atoms with Crippen molar-refractivity contribution in [3.05, 3.63) is 18.5 Å². The van der Waals surface area contributed by atoms with Crippen molar-refractivity contribution in [3.8, 4) is 11.5 Å². The van der Waals surface area contributed by atoms with Crippen LogP contribution in [0.15, 0.2) is 27.8 Å². The fourth-order valence-electron chi connectivity index (χ4n) is 1.44. The smallest absolute Gasteiger partial charge is 0.361 e. The van der Waals surface area contributed by atoms with Gasteiger partial charge in [-0.3, -0.25) is 4.57 Å². The second-order valence-corrected chi connectivity index (χ2v) is 5.71. The van der Waals surface area contributed by atoms with E-state index in [1.54, 1.807) is 6.26 Å². The van der Waals surface area contributed by atoms with Crippen molar-refractivity contribution >= 4 is 30.6 Å². The third kappa shape index (κ3) is 2.41. The van der Waals surface area contributed by atoms with E-state index in [1.165, 1.54) is 30.3 Å². The third-order valence-corrected chi connectivity index (χ3v) is 4.07. The highest BCUT2D eigenvalue weighted by Crippen LogP contribution is 2.42.